The largest absolute Gasteiger partial charge is 0.382 e. The van der Waals surface area contributed by atoms with Crippen LogP contribution in [0.25, 0.3) is 10.2 Å². The molecule has 0 aromatic carbocycles. The van der Waals surface area contributed by atoms with Crippen molar-refractivity contribution >= 4 is 33.4 Å². The molecule has 170 valence electrons. The number of carbonyl (C=O) groups excluding carboxylic acids is 2. The normalized spacial score (nSPS) is 22.9. The van der Waals surface area contributed by atoms with Crippen LogP contribution in [0.5, 0.6) is 0 Å². The highest BCUT2D eigenvalue weighted by molar-refractivity contribution is 7.17. The summed E-state index contributed by atoms with van der Waals surface area (Å²) in [5.74, 6) is -0.0768. The fourth-order valence-electron chi connectivity index (χ4n) is 5.03. The van der Waals surface area contributed by atoms with E-state index in [4.69, 9.17) is 4.74 Å². The second kappa shape index (κ2) is 9.74. The lowest BCUT2D eigenvalue weighted by molar-refractivity contribution is -0.133. The molecule has 31 heavy (non-hydrogen) atoms. The maximum absolute atomic E-state index is 13.7. The Morgan fingerprint density at radius 3 is 2.74 bits per heavy atom. The van der Waals surface area contributed by atoms with Gasteiger partial charge < -0.3 is 19.5 Å². The lowest BCUT2D eigenvalue weighted by Gasteiger charge is -2.44. The zero-order valence-corrected chi connectivity index (χ0v) is 19.6. The molecular weight excluding hydrogens is 410 g/mol. The lowest BCUT2D eigenvalue weighted by atomic mass is 9.92. The number of rotatable bonds is 7. The van der Waals surface area contributed by atoms with E-state index >= 15 is 0 Å². The van der Waals surface area contributed by atoms with Crippen LogP contribution in [-0.2, 0) is 16.1 Å². The summed E-state index contributed by atoms with van der Waals surface area (Å²) in [4.78, 5) is 29.0. The van der Waals surface area contributed by atoms with Gasteiger partial charge in [0.05, 0.1) is 16.8 Å². The van der Waals surface area contributed by atoms with Gasteiger partial charge in [-0.2, -0.15) is 0 Å². The van der Waals surface area contributed by atoms with Crippen molar-refractivity contribution in [3.05, 3.63) is 23.2 Å². The molecule has 2 aromatic rings. The first-order valence-electron chi connectivity index (χ1n) is 11.8. The monoisotopic (exact) mass is 445 g/mol. The molecule has 0 spiro atoms. The number of thiophene rings is 1. The minimum absolute atomic E-state index is 0.0226. The van der Waals surface area contributed by atoms with Gasteiger partial charge in [-0.05, 0) is 50.6 Å². The number of hydrogen-bond acceptors (Lipinski definition) is 4. The smallest absolute Gasteiger partial charge is 0.271 e. The molecule has 1 aliphatic heterocycles. The lowest BCUT2D eigenvalue weighted by Crippen LogP contribution is -2.65. The number of carbonyl (C=O) groups is 2. The minimum atomic E-state index is -0.910. The zero-order chi connectivity index (χ0) is 21.8. The van der Waals surface area contributed by atoms with Gasteiger partial charge in [-0.25, -0.2) is 0 Å². The average molecular weight is 446 g/mol. The van der Waals surface area contributed by atoms with Crippen LogP contribution in [0.15, 0.2) is 17.5 Å². The molecule has 4 rings (SSSR count). The summed E-state index contributed by atoms with van der Waals surface area (Å²) in [5.41, 5.74) is 0.828. The van der Waals surface area contributed by atoms with Gasteiger partial charge in [-0.1, -0.05) is 32.1 Å². The average Bonchev–Trinajstić information content (AvgIpc) is 3.31. The first-order chi connectivity index (χ1) is 15.0. The third-order valence-corrected chi connectivity index (χ3v) is 7.71. The third-order valence-electron chi connectivity index (χ3n) is 6.85. The molecular formula is C24H35N3O3S. The van der Waals surface area contributed by atoms with Gasteiger partial charge in [0.1, 0.15) is 11.2 Å². The Balaban J connectivity index is 1.59. The summed E-state index contributed by atoms with van der Waals surface area (Å²) in [5, 5.41) is 5.38. The Kier molecular flexibility index (Phi) is 7.02. The van der Waals surface area contributed by atoms with Gasteiger partial charge in [0.2, 0.25) is 5.91 Å². The van der Waals surface area contributed by atoms with E-state index in [-0.39, 0.29) is 17.9 Å². The summed E-state index contributed by atoms with van der Waals surface area (Å²) in [7, 11) is 0. The fourth-order valence-corrected chi connectivity index (χ4v) is 5.86. The highest BCUT2D eigenvalue weighted by Crippen LogP contribution is 2.34. The third kappa shape index (κ3) is 4.53. The number of amides is 2. The number of aromatic nitrogens is 1. The molecule has 1 saturated carbocycles. The second-order valence-corrected chi connectivity index (χ2v) is 10.0. The van der Waals surface area contributed by atoms with E-state index < -0.39 is 5.54 Å². The summed E-state index contributed by atoms with van der Waals surface area (Å²) in [6.45, 7) is 6.17. The van der Waals surface area contributed by atoms with Gasteiger partial charge >= 0.3 is 0 Å². The molecule has 1 unspecified atom stereocenters. The van der Waals surface area contributed by atoms with Gasteiger partial charge in [0, 0.05) is 25.8 Å². The second-order valence-electron chi connectivity index (χ2n) is 9.08. The topological polar surface area (TPSA) is 63.6 Å². The Bertz CT molecular complexity index is 912. The first-order valence-corrected chi connectivity index (χ1v) is 12.7. The molecule has 2 aromatic heterocycles. The predicted molar refractivity (Wildman–Crippen MR) is 125 cm³/mol. The quantitative estimate of drug-likeness (QED) is 0.635. The van der Waals surface area contributed by atoms with Crippen LogP contribution < -0.4 is 5.32 Å². The van der Waals surface area contributed by atoms with E-state index in [0.717, 1.165) is 42.3 Å². The van der Waals surface area contributed by atoms with Crippen LogP contribution in [0.4, 0.5) is 0 Å². The van der Waals surface area contributed by atoms with E-state index in [1.165, 1.54) is 19.3 Å². The molecule has 2 amide bonds. The summed E-state index contributed by atoms with van der Waals surface area (Å²) in [6, 6.07) is 4.23. The van der Waals surface area contributed by atoms with E-state index in [0.29, 0.717) is 32.0 Å². The number of ether oxygens (including phenoxy) is 1. The van der Waals surface area contributed by atoms with Gasteiger partial charge in [0.15, 0.2) is 0 Å². The van der Waals surface area contributed by atoms with Crippen molar-refractivity contribution in [2.45, 2.75) is 83.3 Å². The molecule has 1 atom stereocenters. The van der Waals surface area contributed by atoms with Crippen molar-refractivity contribution in [1.29, 1.82) is 0 Å². The Labute approximate surface area is 188 Å². The summed E-state index contributed by atoms with van der Waals surface area (Å²) < 4.78 is 8.64. The molecule has 1 N–H and O–H groups in total. The van der Waals surface area contributed by atoms with Crippen LogP contribution >= 0.6 is 11.3 Å². The number of nitrogens with one attached hydrogen (secondary N) is 1. The van der Waals surface area contributed by atoms with Gasteiger partial charge in [0.25, 0.3) is 5.91 Å². The van der Waals surface area contributed by atoms with Crippen molar-refractivity contribution in [3.63, 3.8) is 0 Å². The number of hydrogen-bond donors (Lipinski definition) is 1. The Morgan fingerprint density at radius 1 is 1.26 bits per heavy atom. The van der Waals surface area contributed by atoms with Crippen LogP contribution in [0.2, 0.25) is 0 Å². The minimum Gasteiger partial charge on any atom is -0.382 e. The van der Waals surface area contributed by atoms with Gasteiger partial charge in [-0.3, -0.25) is 9.59 Å². The van der Waals surface area contributed by atoms with Crippen molar-refractivity contribution in [2.75, 3.05) is 19.8 Å². The van der Waals surface area contributed by atoms with Crippen LogP contribution in [0.3, 0.4) is 0 Å². The molecule has 7 heteroatoms. The molecule has 1 aliphatic carbocycles. The van der Waals surface area contributed by atoms with E-state index in [1.807, 2.05) is 29.9 Å². The SMILES string of the molecule is CCOCCCN1C(=O)c2cc3sccc3n2CC1(C)C(=O)NC1CCCCCCC1. The molecule has 0 saturated heterocycles. The fraction of sp³-hybridized carbons (Fsp3) is 0.667. The van der Waals surface area contributed by atoms with Crippen LogP contribution in [-0.4, -0.2) is 52.6 Å². The molecule has 3 heterocycles. The number of nitrogens with zero attached hydrogens (tertiary/aromatic N) is 2. The molecule has 1 fully saturated rings. The van der Waals surface area contributed by atoms with Crippen molar-refractivity contribution in [1.82, 2.24) is 14.8 Å². The molecule has 6 nitrogen and oxygen atoms in total. The van der Waals surface area contributed by atoms with Crippen molar-refractivity contribution < 1.29 is 14.3 Å². The highest BCUT2D eigenvalue weighted by Gasteiger charge is 2.47. The standard InChI is InChI=1S/C24H35N3O3S/c1-3-30-14-9-13-27-22(28)20-16-21-19(12-15-31-21)26(20)17-24(27,2)23(29)25-18-10-7-5-4-6-8-11-18/h12,15-16,18H,3-11,13-14,17H2,1-2H3,(H,25,29). The Morgan fingerprint density at radius 2 is 2.00 bits per heavy atom. The predicted octanol–water partition coefficient (Wildman–Crippen LogP) is 4.57. The van der Waals surface area contributed by atoms with E-state index in [9.17, 15) is 9.59 Å². The van der Waals surface area contributed by atoms with E-state index in [1.54, 1.807) is 16.2 Å². The van der Waals surface area contributed by atoms with Crippen molar-refractivity contribution in [2.24, 2.45) is 0 Å². The maximum atomic E-state index is 13.7. The summed E-state index contributed by atoms with van der Waals surface area (Å²) in [6.07, 6.45) is 8.90. The highest BCUT2D eigenvalue weighted by atomic mass is 32.1. The number of fused-ring (bicyclic) bond motifs is 3. The molecule has 0 bridgehead atoms. The van der Waals surface area contributed by atoms with E-state index in [2.05, 4.69) is 11.4 Å². The van der Waals surface area contributed by atoms with Gasteiger partial charge in [-0.15, -0.1) is 11.3 Å². The first kappa shape index (κ1) is 22.3. The van der Waals surface area contributed by atoms with Crippen LogP contribution in [0.1, 0.15) is 75.7 Å². The molecule has 2 aliphatic rings. The van der Waals surface area contributed by atoms with Crippen LogP contribution in [0, 0.1) is 0 Å². The zero-order valence-electron chi connectivity index (χ0n) is 18.8. The Hall–Kier alpha value is -1.86. The maximum Gasteiger partial charge on any atom is 0.271 e. The molecule has 0 radical (unpaired) electrons. The summed E-state index contributed by atoms with van der Waals surface area (Å²) >= 11 is 1.64. The van der Waals surface area contributed by atoms with Crippen molar-refractivity contribution in [3.8, 4) is 0 Å².